The second kappa shape index (κ2) is 7.12. The van der Waals surface area contributed by atoms with Gasteiger partial charge in [0.15, 0.2) is 0 Å². The topological polar surface area (TPSA) is 41.1 Å². The second-order valence-corrected chi connectivity index (χ2v) is 5.26. The Hall–Kier alpha value is -0.580. The minimum absolute atomic E-state index is 0. The van der Waals surface area contributed by atoms with Crippen LogP contribution >= 0.6 is 28.3 Å². The number of anilines is 1. The van der Waals surface area contributed by atoms with E-state index in [0.29, 0.717) is 0 Å². The monoisotopic (exact) mass is 332 g/mol. The molecule has 0 aliphatic carbocycles. The van der Waals surface area contributed by atoms with Gasteiger partial charge in [0.05, 0.1) is 6.04 Å². The van der Waals surface area contributed by atoms with E-state index < -0.39 is 0 Å². The van der Waals surface area contributed by atoms with Crippen molar-refractivity contribution in [2.45, 2.75) is 32.2 Å². The molecule has 2 N–H and O–H groups in total. The summed E-state index contributed by atoms with van der Waals surface area (Å²) in [6, 6.07) is 5.80. The number of hydrogen-bond acceptors (Lipinski definition) is 2. The van der Waals surface area contributed by atoms with Crippen molar-refractivity contribution >= 4 is 39.9 Å². The van der Waals surface area contributed by atoms with Crippen molar-refractivity contribution in [3.63, 3.8) is 0 Å². The van der Waals surface area contributed by atoms with Gasteiger partial charge in [0.1, 0.15) is 0 Å². The summed E-state index contributed by atoms with van der Waals surface area (Å²) in [5.74, 6) is 0.0749. The van der Waals surface area contributed by atoms with Crippen LogP contribution < -0.4 is 10.6 Å². The molecule has 1 aromatic carbocycles. The van der Waals surface area contributed by atoms with Gasteiger partial charge in [-0.15, -0.1) is 12.4 Å². The zero-order chi connectivity index (χ0) is 12.3. The fourth-order valence-electron chi connectivity index (χ4n) is 2.04. The number of halogens is 2. The Balaban J connectivity index is 0.00000162. The van der Waals surface area contributed by atoms with E-state index in [1.54, 1.807) is 0 Å². The van der Waals surface area contributed by atoms with Crippen LogP contribution in [-0.2, 0) is 4.79 Å². The molecule has 5 heteroatoms. The van der Waals surface area contributed by atoms with E-state index in [1.807, 2.05) is 25.1 Å². The van der Waals surface area contributed by atoms with Crippen molar-refractivity contribution in [2.75, 3.05) is 11.9 Å². The van der Waals surface area contributed by atoms with Crippen LogP contribution in [0.1, 0.15) is 24.8 Å². The van der Waals surface area contributed by atoms with Gasteiger partial charge in [0, 0.05) is 10.2 Å². The first-order valence-electron chi connectivity index (χ1n) is 5.98. The van der Waals surface area contributed by atoms with Gasteiger partial charge >= 0.3 is 0 Å². The third-order valence-electron chi connectivity index (χ3n) is 3.15. The highest BCUT2D eigenvalue weighted by atomic mass is 79.9. The molecule has 0 spiro atoms. The number of hydrogen-bond donors (Lipinski definition) is 2. The van der Waals surface area contributed by atoms with Gasteiger partial charge in [-0.25, -0.2) is 0 Å². The summed E-state index contributed by atoms with van der Waals surface area (Å²) in [7, 11) is 0. The van der Waals surface area contributed by atoms with E-state index >= 15 is 0 Å². The van der Waals surface area contributed by atoms with Crippen LogP contribution in [0.25, 0.3) is 0 Å². The molecule has 1 aromatic rings. The SMILES string of the molecule is Cc1c(Br)cccc1NC(=O)[C@H]1CCCCN1.Cl. The lowest BCUT2D eigenvalue weighted by atomic mass is 10.0. The minimum Gasteiger partial charge on any atom is -0.324 e. The summed E-state index contributed by atoms with van der Waals surface area (Å²) in [6.45, 7) is 2.93. The number of piperidine rings is 1. The van der Waals surface area contributed by atoms with Gasteiger partial charge in [-0.1, -0.05) is 28.4 Å². The van der Waals surface area contributed by atoms with Crippen LogP contribution in [0.4, 0.5) is 5.69 Å². The van der Waals surface area contributed by atoms with Crippen LogP contribution in [0.3, 0.4) is 0 Å². The Kier molecular flexibility index (Phi) is 6.12. The van der Waals surface area contributed by atoms with Crippen molar-refractivity contribution in [3.05, 3.63) is 28.2 Å². The van der Waals surface area contributed by atoms with Crippen LogP contribution in [0.5, 0.6) is 0 Å². The highest BCUT2D eigenvalue weighted by Crippen LogP contribution is 2.23. The fraction of sp³-hybridized carbons (Fsp3) is 0.462. The Labute approximate surface area is 122 Å². The summed E-state index contributed by atoms with van der Waals surface area (Å²) in [5.41, 5.74) is 1.95. The van der Waals surface area contributed by atoms with Gasteiger partial charge in [-0.05, 0) is 44.0 Å². The first-order chi connectivity index (χ1) is 8.18. The highest BCUT2D eigenvalue weighted by molar-refractivity contribution is 9.10. The quantitative estimate of drug-likeness (QED) is 0.872. The molecule has 1 aliphatic rings. The van der Waals surface area contributed by atoms with Gasteiger partial charge in [0.2, 0.25) is 5.91 Å². The lowest BCUT2D eigenvalue weighted by Gasteiger charge is -2.23. The summed E-state index contributed by atoms with van der Waals surface area (Å²) >= 11 is 3.47. The molecule has 0 saturated carbocycles. The number of amides is 1. The average Bonchev–Trinajstić information content (AvgIpc) is 2.36. The van der Waals surface area contributed by atoms with Crippen molar-refractivity contribution in [2.24, 2.45) is 0 Å². The molecule has 1 amide bonds. The second-order valence-electron chi connectivity index (χ2n) is 4.40. The first-order valence-corrected chi connectivity index (χ1v) is 6.77. The molecule has 1 heterocycles. The maximum atomic E-state index is 12.0. The number of nitrogens with one attached hydrogen (secondary N) is 2. The Bertz CT molecular complexity index is 419. The molecule has 1 saturated heterocycles. The van der Waals surface area contributed by atoms with E-state index in [1.165, 1.54) is 6.42 Å². The van der Waals surface area contributed by atoms with Gasteiger partial charge in [-0.3, -0.25) is 4.79 Å². The molecule has 18 heavy (non-hydrogen) atoms. The minimum atomic E-state index is -0.0397. The molecular formula is C13H18BrClN2O. The maximum Gasteiger partial charge on any atom is 0.241 e. The zero-order valence-electron chi connectivity index (χ0n) is 10.3. The van der Waals surface area contributed by atoms with Crippen molar-refractivity contribution < 1.29 is 4.79 Å². The third kappa shape index (κ3) is 3.70. The van der Waals surface area contributed by atoms with E-state index in [9.17, 15) is 4.79 Å². The van der Waals surface area contributed by atoms with Crippen LogP contribution in [0.2, 0.25) is 0 Å². The fourth-order valence-corrected chi connectivity index (χ4v) is 2.40. The van der Waals surface area contributed by atoms with E-state index in [4.69, 9.17) is 0 Å². The lowest BCUT2D eigenvalue weighted by molar-refractivity contribution is -0.118. The molecule has 0 bridgehead atoms. The van der Waals surface area contributed by atoms with E-state index in [0.717, 1.165) is 35.1 Å². The Morgan fingerprint density at radius 1 is 1.44 bits per heavy atom. The number of benzene rings is 1. The molecule has 0 unspecified atom stereocenters. The van der Waals surface area contributed by atoms with Gasteiger partial charge in [0.25, 0.3) is 0 Å². The molecule has 1 fully saturated rings. The van der Waals surface area contributed by atoms with Crippen molar-refractivity contribution in [1.82, 2.24) is 5.32 Å². The normalized spacial score (nSPS) is 18.9. The summed E-state index contributed by atoms with van der Waals surface area (Å²) in [5, 5.41) is 6.24. The molecule has 0 radical (unpaired) electrons. The van der Waals surface area contributed by atoms with Crippen LogP contribution in [-0.4, -0.2) is 18.5 Å². The first kappa shape index (κ1) is 15.5. The summed E-state index contributed by atoms with van der Waals surface area (Å²) < 4.78 is 1.02. The molecule has 0 aromatic heterocycles. The largest absolute Gasteiger partial charge is 0.324 e. The maximum absolute atomic E-state index is 12.0. The van der Waals surface area contributed by atoms with E-state index in [2.05, 4.69) is 26.6 Å². The molecular weight excluding hydrogens is 316 g/mol. The van der Waals surface area contributed by atoms with E-state index in [-0.39, 0.29) is 24.4 Å². The average molecular weight is 334 g/mol. The van der Waals surface area contributed by atoms with Crippen LogP contribution in [0.15, 0.2) is 22.7 Å². The number of carbonyl (C=O) groups is 1. The van der Waals surface area contributed by atoms with Gasteiger partial charge < -0.3 is 10.6 Å². The number of carbonyl (C=O) groups excluding carboxylic acids is 1. The zero-order valence-corrected chi connectivity index (χ0v) is 12.7. The predicted molar refractivity (Wildman–Crippen MR) is 80.4 cm³/mol. The molecule has 1 aliphatic heterocycles. The van der Waals surface area contributed by atoms with Crippen LogP contribution in [0, 0.1) is 6.92 Å². The highest BCUT2D eigenvalue weighted by Gasteiger charge is 2.20. The molecule has 1 atom stereocenters. The van der Waals surface area contributed by atoms with Gasteiger partial charge in [-0.2, -0.15) is 0 Å². The molecule has 100 valence electrons. The Morgan fingerprint density at radius 2 is 2.22 bits per heavy atom. The summed E-state index contributed by atoms with van der Waals surface area (Å²) in [6.07, 6.45) is 3.22. The van der Waals surface area contributed by atoms with Crippen molar-refractivity contribution in [3.8, 4) is 0 Å². The third-order valence-corrected chi connectivity index (χ3v) is 4.01. The predicted octanol–water partition coefficient (Wildman–Crippen LogP) is 3.26. The molecule has 2 rings (SSSR count). The standard InChI is InChI=1S/C13H17BrN2O.ClH/c1-9-10(14)5-4-7-11(9)16-13(17)12-6-2-3-8-15-12;/h4-5,7,12,15H,2-3,6,8H2,1H3,(H,16,17);1H/t12-;/m1./s1. The Morgan fingerprint density at radius 3 is 2.89 bits per heavy atom. The van der Waals surface area contributed by atoms with Crippen molar-refractivity contribution in [1.29, 1.82) is 0 Å². The number of rotatable bonds is 2. The summed E-state index contributed by atoms with van der Waals surface area (Å²) in [4.78, 5) is 12.0. The molecule has 3 nitrogen and oxygen atoms in total. The lowest BCUT2D eigenvalue weighted by Crippen LogP contribution is -2.43. The smallest absolute Gasteiger partial charge is 0.241 e.